The zero-order valence-corrected chi connectivity index (χ0v) is 16.1. The third-order valence-electron chi connectivity index (χ3n) is 5.30. The summed E-state index contributed by atoms with van der Waals surface area (Å²) in [4.78, 5) is 15.5. The maximum Gasteiger partial charge on any atom is 0.187 e. The van der Waals surface area contributed by atoms with Crippen LogP contribution in [0, 0.1) is 28.6 Å². The molecule has 0 amide bonds. The molecule has 0 aromatic heterocycles. The van der Waals surface area contributed by atoms with Crippen molar-refractivity contribution in [2.45, 2.75) is 12.8 Å². The molecule has 4 rings (SSSR count). The average molecular weight is 379 g/mol. The first kappa shape index (κ1) is 18.9. The van der Waals surface area contributed by atoms with Crippen LogP contribution in [0.15, 0.2) is 59.7 Å². The summed E-state index contributed by atoms with van der Waals surface area (Å²) in [6, 6.07) is 18.9. The van der Waals surface area contributed by atoms with E-state index in [1.54, 1.807) is 24.3 Å². The van der Waals surface area contributed by atoms with Crippen molar-refractivity contribution in [3.8, 4) is 12.1 Å². The Balaban J connectivity index is 1.68. The Kier molecular flexibility index (Phi) is 5.38. The number of nitrogens with zero attached hydrogens (tertiary/aromatic N) is 3. The van der Waals surface area contributed by atoms with E-state index in [4.69, 9.17) is 10.5 Å². The summed E-state index contributed by atoms with van der Waals surface area (Å²) in [5, 5.41) is 18.3. The number of ketones is 1. The van der Waals surface area contributed by atoms with Gasteiger partial charge in [0.05, 0.1) is 23.3 Å². The third kappa shape index (κ3) is 4.69. The van der Waals surface area contributed by atoms with Gasteiger partial charge in [0.2, 0.25) is 0 Å². The molecule has 0 spiro atoms. The fraction of sp³-hybridized carbons (Fsp3) is 0.240. The van der Waals surface area contributed by atoms with Crippen LogP contribution in [-0.4, -0.2) is 30.3 Å². The molecule has 29 heavy (non-hydrogen) atoms. The molecule has 2 aromatic carbocycles. The number of hydrogen-bond acceptors (Lipinski definition) is 4. The van der Waals surface area contributed by atoms with Crippen molar-refractivity contribution in [1.82, 2.24) is 4.90 Å². The maximum atomic E-state index is 13.2. The second-order valence-corrected chi connectivity index (χ2v) is 7.76. The molecule has 0 unspecified atom stereocenters. The molecule has 2 aliphatic rings. The largest absolute Gasteiger partial charge is 0.294 e. The molecule has 2 fully saturated rings. The molecule has 0 bridgehead atoms. The lowest BCUT2D eigenvalue weighted by atomic mass is 9.93. The smallest absolute Gasteiger partial charge is 0.187 e. The van der Waals surface area contributed by atoms with Crippen LogP contribution < -0.4 is 0 Å². The quantitative estimate of drug-likeness (QED) is 0.747. The van der Waals surface area contributed by atoms with Crippen LogP contribution in [0.5, 0.6) is 0 Å². The number of Topliss-reactive ketones (excluding diaryl/α,β-unsaturated/α-hetero) is 1. The molecule has 0 N–H and O–H groups in total. The molecule has 1 heterocycles. The lowest BCUT2D eigenvalue weighted by Crippen LogP contribution is -2.38. The third-order valence-corrected chi connectivity index (χ3v) is 5.30. The Bertz CT molecular complexity index is 1010. The highest BCUT2D eigenvalue weighted by molar-refractivity contribution is 6.14. The van der Waals surface area contributed by atoms with Gasteiger partial charge in [-0.1, -0.05) is 24.3 Å². The van der Waals surface area contributed by atoms with Crippen molar-refractivity contribution in [2.24, 2.45) is 5.92 Å². The van der Waals surface area contributed by atoms with Gasteiger partial charge < -0.3 is 0 Å². The fourth-order valence-electron chi connectivity index (χ4n) is 3.70. The minimum absolute atomic E-state index is 0.0433. The summed E-state index contributed by atoms with van der Waals surface area (Å²) < 4.78 is 0. The van der Waals surface area contributed by atoms with E-state index in [-0.39, 0.29) is 5.78 Å². The van der Waals surface area contributed by atoms with Gasteiger partial charge >= 0.3 is 0 Å². The van der Waals surface area contributed by atoms with Gasteiger partial charge in [0.25, 0.3) is 0 Å². The van der Waals surface area contributed by atoms with Crippen molar-refractivity contribution in [3.05, 3.63) is 81.9 Å². The summed E-state index contributed by atoms with van der Waals surface area (Å²) in [6.07, 6.45) is 6.33. The first-order chi connectivity index (χ1) is 14.1. The molecule has 2 aromatic rings. The number of likely N-dealkylation sites (tertiary alicyclic amines) is 1. The number of nitriles is 2. The van der Waals surface area contributed by atoms with E-state index in [2.05, 4.69) is 17.0 Å². The van der Waals surface area contributed by atoms with Crippen molar-refractivity contribution < 1.29 is 4.79 Å². The van der Waals surface area contributed by atoms with Crippen LogP contribution >= 0.6 is 0 Å². The van der Waals surface area contributed by atoms with Crippen LogP contribution in [0.4, 0.5) is 0 Å². The molecule has 1 aliphatic heterocycles. The topological polar surface area (TPSA) is 67.9 Å². The Morgan fingerprint density at radius 1 is 0.897 bits per heavy atom. The lowest BCUT2D eigenvalue weighted by Gasteiger charge is -2.30. The van der Waals surface area contributed by atoms with Gasteiger partial charge in [0, 0.05) is 30.8 Å². The van der Waals surface area contributed by atoms with Gasteiger partial charge in [-0.3, -0.25) is 9.69 Å². The van der Waals surface area contributed by atoms with E-state index in [0.29, 0.717) is 24.2 Å². The second kappa shape index (κ2) is 8.27. The average Bonchev–Trinajstić information content (AvgIpc) is 3.55. The Morgan fingerprint density at radius 3 is 1.86 bits per heavy atom. The second-order valence-electron chi connectivity index (χ2n) is 7.76. The maximum absolute atomic E-state index is 13.2. The molecule has 1 saturated heterocycles. The zero-order chi connectivity index (χ0) is 20.2. The number of carbonyl (C=O) groups is 1. The summed E-state index contributed by atoms with van der Waals surface area (Å²) >= 11 is 0. The standard InChI is InChI=1S/C25H21N3O/c26-13-21-5-1-3-19(9-21)11-23-16-28(15-18-7-8-18)17-24(25(23)29)12-20-4-2-6-22(10-20)14-27/h1-6,9-12,18H,7-8,15-17H2/b23-11-,24-12+. The van der Waals surface area contributed by atoms with Gasteiger partial charge in [-0.15, -0.1) is 0 Å². The van der Waals surface area contributed by atoms with E-state index in [9.17, 15) is 4.79 Å². The van der Waals surface area contributed by atoms with E-state index in [1.807, 2.05) is 36.4 Å². The van der Waals surface area contributed by atoms with Crippen molar-refractivity contribution in [2.75, 3.05) is 19.6 Å². The molecule has 1 saturated carbocycles. The van der Waals surface area contributed by atoms with Crippen LogP contribution in [0.2, 0.25) is 0 Å². The number of hydrogen-bond donors (Lipinski definition) is 0. The Morgan fingerprint density at radius 2 is 1.41 bits per heavy atom. The molecule has 4 heteroatoms. The van der Waals surface area contributed by atoms with Crippen molar-refractivity contribution in [1.29, 1.82) is 10.5 Å². The minimum Gasteiger partial charge on any atom is -0.294 e. The monoisotopic (exact) mass is 379 g/mol. The van der Waals surface area contributed by atoms with Crippen molar-refractivity contribution >= 4 is 17.9 Å². The first-order valence-electron chi connectivity index (χ1n) is 9.83. The molecular formula is C25H21N3O. The highest BCUT2D eigenvalue weighted by atomic mass is 16.1. The Hall–Kier alpha value is -3.47. The molecule has 1 aliphatic carbocycles. The molecule has 0 atom stereocenters. The summed E-state index contributed by atoms with van der Waals surface area (Å²) in [6.45, 7) is 2.25. The lowest BCUT2D eigenvalue weighted by molar-refractivity contribution is -0.113. The van der Waals surface area contributed by atoms with E-state index in [1.165, 1.54) is 12.8 Å². The fourth-order valence-corrected chi connectivity index (χ4v) is 3.70. The summed E-state index contributed by atoms with van der Waals surface area (Å²) in [5.74, 6) is 0.774. The first-order valence-corrected chi connectivity index (χ1v) is 9.83. The van der Waals surface area contributed by atoms with Crippen LogP contribution in [0.1, 0.15) is 35.1 Å². The van der Waals surface area contributed by atoms with Gasteiger partial charge in [0.1, 0.15) is 0 Å². The van der Waals surface area contributed by atoms with Crippen LogP contribution in [-0.2, 0) is 4.79 Å². The van der Waals surface area contributed by atoms with E-state index >= 15 is 0 Å². The molecule has 0 radical (unpaired) electrons. The van der Waals surface area contributed by atoms with Crippen LogP contribution in [0.25, 0.3) is 12.2 Å². The highest BCUT2D eigenvalue weighted by Crippen LogP contribution is 2.32. The number of piperidine rings is 1. The molecule has 142 valence electrons. The predicted octanol–water partition coefficient (Wildman–Crippen LogP) is 4.19. The summed E-state index contributed by atoms with van der Waals surface area (Å²) in [7, 11) is 0. The Labute approximate surface area is 171 Å². The molecular weight excluding hydrogens is 358 g/mol. The van der Waals surface area contributed by atoms with E-state index in [0.717, 1.165) is 34.7 Å². The van der Waals surface area contributed by atoms with Crippen LogP contribution in [0.3, 0.4) is 0 Å². The summed E-state index contributed by atoms with van der Waals surface area (Å²) in [5.41, 5.74) is 4.39. The number of rotatable bonds is 4. The SMILES string of the molecule is N#Cc1cccc(/C=C2/CN(CC3CC3)C/C(=C\c3cccc(C#N)c3)C2=O)c1. The van der Waals surface area contributed by atoms with Gasteiger partial charge in [0.15, 0.2) is 5.78 Å². The van der Waals surface area contributed by atoms with Gasteiger partial charge in [-0.25, -0.2) is 0 Å². The van der Waals surface area contributed by atoms with Gasteiger partial charge in [-0.2, -0.15) is 10.5 Å². The minimum atomic E-state index is 0.0433. The normalized spacial score (nSPS) is 19.9. The van der Waals surface area contributed by atoms with Crippen molar-refractivity contribution in [3.63, 3.8) is 0 Å². The number of benzene rings is 2. The van der Waals surface area contributed by atoms with E-state index < -0.39 is 0 Å². The highest BCUT2D eigenvalue weighted by Gasteiger charge is 2.30. The zero-order valence-electron chi connectivity index (χ0n) is 16.1. The predicted molar refractivity (Wildman–Crippen MR) is 112 cm³/mol. The molecule has 4 nitrogen and oxygen atoms in total. The number of carbonyl (C=O) groups excluding carboxylic acids is 1. The van der Waals surface area contributed by atoms with Gasteiger partial charge in [-0.05, 0) is 66.3 Å².